The number of thiophene rings is 1. The monoisotopic (exact) mass is 359 g/mol. The number of phenols is 1. The Kier molecular flexibility index (Phi) is 4.24. The summed E-state index contributed by atoms with van der Waals surface area (Å²) in [5, 5.41) is 22.4. The minimum absolute atomic E-state index is 0.229. The number of aromatic carboxylic acids is 1. The van der Waals surface area contributed by atoms with E-state index in [1.807, 2.05) is 0 Å². The molecule has 3 rings (SSSR count). The van der Waals surface area contributed by atoms with Crippen LogP contribution in [0.15, 0.2) is 24.5 Å². The summed E-state index contributed by atoms with van der Waals surface area (Å²) in [7, 11) is 1.31. The average molecular weight is 359 g/mol. The van der Waals surface area contributed by atoms with Crippen molar-refractivity contribution in [2.24, 2.45) is 0 Å². The third kappa shape index (κ3) is 2.96. The number of aromatic nitrogens is 2. The summed E-state index contributed by atoms with van der Waals surface area (Å²) < 4.78 is 4.77. The summed E-state index contributed by atoms with van der Waals surface area (Å²) >= 11 is 1.19. The highest BCUT2D eigenvalue weighted by Crippen LogP contribution is 2.35. The summed E-state index contributed by atoms with van der Waals surface area (Å²) in [6.07, 6.45) is 1.35. The maximum atomic E-state index is 11.9. The molecule has 0 radical (unpaired) electrons. The van der Waals surface area contributed by atoms with Crippen molar-refractivity contribution < 1.29 is 24.5 Å². The summed E-state index contributed by atoms with van der Waals surface area (Å²) in [5.41, 5.74) is 0.875. The molecule has 0 atom stereocenters. The summed E-state index contributed by atoms with van der Waals surface area (Å²) in [4.78, 5) is 32.4. The zero-order valence-corrected chi connectivity index (χ0v) is 14.0. The fraction of sp³-hybridized carbons (Fsp3) is 0.125. The molecule has 9 heteroatoms. The quantitative estimate of drug-likeness (QED) is 0.480. The van der Waals surface area contributed by atoms with E-state index < -0.39 is 11.9 Å². The molecule has 0 fully saturated rings. The predicted octanol–water partition coefficient (Wildman–Crippen LogP) is 2.93. The number of methoxy groups -OCH3 is 1. The molecule has 0 amide bonds. The molecular formula is C16H13N3O5S. The normalized spacial score (nSPS) is 10.6. The molecule has 0 aliphatic carbocycles. The Bertz CT molecular complexity index is 999. The van der Waals surface area contributed by atoms with Crippen molar-refractivity contribution in [1.29, 1.82) is 0 Å². The lowest BCUT2D eigenvalue weighted by Crippen LogP contribution is -2.01. The van der Waals surface area contributed by atoms with Crippen molar-refractivity contribution in [3.8, 4) is 5.75 Å². The Hall–Kier alpha value is -3.20. The van der Waals surface area contributed by atoms with E-state index in [4.69, 9.17) is 9.84 Å². The number of benzene rings is 1. The fourth-order valence-electron chi connectivity index (χ4n) is 2.38. The Morgan fingerprint density at radius 3 is 2.72 bits per heavy atom. The van der Waals surface area contributed by atoms with E-state index in [-0.39, 0.29) is 11.3 Å². The molecule has 2 aromatic heterocycles. The molecule has 8 nitrogen and oxygen atoms in total. The maximum absolute atomic E-state index is 11.9. The second-order valence-electron chi connectivity index (χ2n) is 5.11. The summed E-state index contributed by atoms with van der Waals surface area (Å²) in [6.45, 7) is 1.76. The minimum Gasteiger partial charge on any atom is -0.507 e. The first-order chi connectivity index (χ1) is 11.9. The van der Waals surface area contributed by atoms with Gasteiger partial charge in [-0.25, -0.2) is 19.6 Å². The molecule has 3 aromatic rings. The molecular weight excluding hydrogens is 346 g/mol. The number of nitrogens with one attached hydrogen (secondary N) is 1. The first-order valence-electron chi connectivity index (χ1n) is 7.08. The van der Waals surface area contributed by atoms with Crippen LogP contribution in [-0.2, 0) is 4.74 Å². The van der Waals surface area contributed by atoms with E-state index in [2.05, 4.69) is 15.3 Å². The van der Waals surface area contributed by atoms with E-state index in [0.717, 1.165) is 0 Å². The van der Waals surface area contributed by atoms with Gasteiger partial charge in [0.15, 0.2) is 0 Å². The number of carboxylic acids is 1. The second kappa shape index (κ2) is 6.36. The van der Waals surface area contributed by atoms with Gasteiger partial charge in [-0.3, -0.25) is 0 Å². The standard InChI is InChI=1S/C16H13N3O5S/c1-7-11-13(17-6-18-14(11)25-12(7)16(23)24-2)19-8-3-4-10(20)9(5-8)15(21)22/h3-6,20H,1-2H3,(H,21,22)(H,17,18,19). The van der Waals surface area contributed by atoms with Crippen LogP contribution in [0.2, 0.25) is 0 Å². The van der Waals surface area contributed by atoms with Gasteiger partial charge in [-0.1, -0.05) is 0 Å². The SMILES string of the molecule is COC(=O)c1sc2ncnc(Nc3ccc(O)c(C(=O)O)c3)c2c1C. The highest BCUT2D eigenvalue weighted by Gasteiger charge is 2.20. The summed E-state index contributed by atoms with van der Waals surface area (Å²) in [5.74, 6) is -1.60. The number of aromatic hydroxyl groups is 1. The van der Waals surface area contributed by atoms with Gasteiger partial charge in [0.25, 0.3) is 0 Å². The van der Waals surface area contributed by atoms with E-state index in [1.165, 1.54) is 43.0 Å². The van der Waals surface area contributed by atoms with Crippen LogP contribution in [-0.4, -0.2) is 39.2 Å². The van der Waals surface area contributed by atoms with Gasteiger partial charge >= 0.3 is 11.9 Å². The molecule has 0 saturated carbocycles. The molecule has 0 spiro atoms. The van der Waals surface area contributed by atoms with E-state index >= 15 is 0 Å². The molecule has 128 valence electrons. The van der Waals surface area contributed by atoms with Gasteiger partial charge in [0, 0.05) is 5.69 Å². The number of nitrogens with zero attached hydrogens (tertiary/aromatic N) is 2. The highest BCUT2D eigenvalue weighted by molar-refractivity contribution is 7.20. The third-order valence-electron chi connectivity index (χ3n) is 3.59. The Morgan fingerprint density at radius 1 is 1.28 bits per heavy atom. The van der Waals surface area contributed by atoms with Crippen LogP contribution >= 0.6 is 11.3 Å². The van der Waals surface area contributed by atoms with Gasteiger partial charge in [-0.05, 0) is 30.7 Å². The number of carboxylic acid groups (broad SMARTS) is 1. The number of ether oxygens (including phenoxy) is 1. The predicted molar refractivity (Wildman–Crippen MR) is 91.8 cm³/mol. The average Bonchev–Trinajstić information content (AvgIpc) is 2.93. The number of esters is 1. The first kappa shape index (κ1) is 16.7. The number of hydrogen-bond acceptors (Lipinski definition) is 8. The number of carbonyl (C=O) groups is 2. The maximum Gasteiger partial charge on any atom is 0.348 e. The molecule has 0 aliphatic rings. The van der Waals surface area contributed by atoms with Crippen LogP contribution in [0.25, 0.3) is 10.2 Å². The lowest BCUT2D eigenvalue weighted by Gasteiger charge is -2.09. The van der Waals surface area contributed by atoms with Crippen molar-refractivity contribution in [2.75, 3.05) is 12.4 Å². The number of rotatable bonds is 4. The van der Waals surface area contributed by atoms with Crippen LogP contribution in [0.1, 0.15) is 25.6 Å². The van der Waals surface area contributed by atoms with Gasteiger partial charge in [0.2, 0.25) is 0 Å². The van der Waals surface area contributed by atoms with Crippen molar-refractivity contribution in [3.05, 3.63) is 40.5 Å². The third-order valence-corrected chi connectivity index (χ3v) is 4.77. The molecule has 0 bridgehead atoms. The van der Waals surface area contributed by atoms with Gasteiger partial charge < -0.3 is 20.3 Å². The highest BCUT2D eigenvalue weighted by atomic mass is 32.1. The Labute approximate surface area is 145 Å². The fourth-order valence-corrected chi connectivity index (χ4v) is 3.44. The van der Waals surface area contributed by atoms with Gasteiger partial charge in [-0.15, -0.1) is 11.3 Å². The van der Waals surface area contributed by atoms with Crippen molar-refractivity contribution in [2.45, 2.75) is 6.92 Å². The Morgan fingerprint density at radius 2 is 2.04 bits per heavy atom. The van der Waals surface area contributed by atoms with Crippen molar-refractivity contribution in [3.63, 3.8) is 0 Å². The zero-order chi connectivity index (χ0) is 18.1. The van der Waals surface area contributed by atoms with Crippen LogP contribution in [0.3, 0.4) is 0 Å². The lowest BCUT2D eigenvalue weighted by atomic mass is 10.1. The lowest BCUT2D eigenvalue weighted by molar-refractivity contribution is 0.0604. The van der Waals surface area contributed by atoms with E-state index in [9.17, 15) is 14.7 Å². The smallest absolute Gasteiger partial charge is 0.348 e. The topological polar surface area (TPSA) is 122 Å². The molecule has 3 N–H and O–H groups in total. The zero-order valence-electron chi connectivity index (χ0n) is 13.2. The molecule has 0 saturated heterocycles. The number of fused-ring (bicyclic) bond motifs is 1. The number of anilines is 2. The van der Waals surface area contributed by atoms with Crippen LogP contribution < -0.4 is 5.32 Å². The number of aryl methyl sites for hydroxylation is 1. The summed E-state index contributed by atoms with van der Waals surface area (Å²) in [6, 6.07) is 4.11. The van der Waals surface area contributed by atoms with Crippen molar-refractivity contribution in [1.82, 2.24) is 9.97 Å². The van der Waals surface area contributed by atoms with Crippen molar-refractivity contribution >= 4 is 45.0 Å². The largest absolute Gasteiger partial charge is 0.507 e. The van der Waals surface area contributed by atoms with E-state index in [0.29, 0.717) is 32.2 Å². The first-order valence-corrected chi connectivity index (χ1v) is 7.89. The van der Waals surface area contributed by atoms with Gasteiger partial charge in [0.1, 0.15) is 33.2 Å². The van der Waals surface area contributed by atoms with Gasteiger partial charge in [0.05, 0.1) is 12.5 Å². The Balaban J connectivity index is 2.08. The molecule has 25 heavy (non-hydrogen) atoms. The van der Waals surface area contributed by atoms with Crippen LogP contribution in [0.4, 0.5) is 11.5 Å². The number of hydrogen-bond donors (Lipinski definition) is 3. The molecule has 0 aliphatic heterocycles. The molecule has 0 unspecified atom stereocenters. The minimum atomic E-state index is -1.24. The van der Waals surface area contributed by atoms with Gasteiger partial charge in [-0.2, -0.15) is 0 Å². The van der Waals surface area contributed by atoms with Crippen LogP contribution in [0.5, 0.6) is 5.75 Å². The molecule has 2 heterocycles. The van der Waals surface area contributed by atoms with Crippen LogP contribution in [0, 0.1) is 6.92 Å². The molecule has 1 aromatic carbocycles. The number of carbonyl (C=O) groups excluding carboxylic acids is 1. The second-order valence-corrected chi connectivity index (χ2v) is 6.11. The van der Waals surface area contributed by atoms with E-state index in [1.54, 1.807) is 6.92 Å².